The number of hydrogen-bond acceptors (Lipinski definition) is 6. The van der Waals surface area contributed by atoms with Gasteiger partial charge in [0.15, 0.2) is 17.3 Å². The van der Waals surface area contributed by atoms with Gasteiger partial charge in [-0.3, -0.25) is 4.79 Å². The second-order valence-electron chi connectivity index (χ2n) is 9.64. The van der Waals surface area contributed by atoms with Gasteiger partial charge in [0.2, 0.25) is 0 Å². The van der Waals surface area contributed by atoms with Gasteiger partial charge in [0.1, 0.15) is 30.5 Å². The molecule has 5 aromatic rings. The second-order valence-corrected chi connectivity index (χ2v) is 10.5. The molecule has 0 radical (unpaired) electrons. The minimum Gasteiger partial charge on any atom is -0.493 e. The Labute approximate surface area is 256 Å². The fourth-order valence-electron chi connectivity index (χ4n) is 4.42. The summed E-state index contributed by atoms with van der Waals surface area (Å²) < 4.78 is 39.0. The van der Waals surface area contributed by atoms with E-state index in [0.29, 0.717) is 38.6 Å². The van der Waals surface area contributed by atoms with Crippen LogP contribution in [0.25, 0.3) is 5.69 Å². The number of aromatic nitrogens is 1. The van der Waals surface area contributed by atoms with Gasteiger partial charge in [-0.1, -0.05) is 12.1 Å². The van der Waals surface area contributed by atoms with E-state index in [1.807, 2.05) is 24.3 Å². The number of benzene rings is 3. The summed E-state index contributed by atoms with van der Waals surface area (Å²) in [6.07, 6.45) is 1.47. The third kappa shape index (κ3) is 7.34. The van der Waals surface area contributed by atoms with Gasteiger partial charge >= 0.3 is 5.91 Å². The van der Waals surface area contributed by atoms with Crippen LogP contribution in [0.3, 0.4) is 0 Å². The molecule has 3 aromatic carbocycles. The van der Waals surface area contributed by atoms with E-state index in [1.54, 1.807) is 36.4 Å². The maximum atomic E-state index is 13.5. The lowest BCUT2D eigenvalue weighted by atomic mass is 10.2. The number of hydrazone groups is 1. The molecule has 2 aromatic heterocycles. The van der Waals surface area contributed by atoms with Crippen molar-refractivity contribution in [2.45, 2.75) is 27.1 Å². The van der Waals surface area contributed by atoms with Crippen molar-refractivity contribution < 1.29 is 27.8 Å². The molecule has 0 spiro atoms. The topological polar surface area (TPSA) is 87.2 Å². The molecule has 43 heavy (non-hydrogen) atoms. The Bertz CT molecular complexity index is 1740. The van der Waals surface area contributed by atoms with E-state index in [0.717, 1.165) is 17.1 Å². The summed E-state index contributed by atoms with van der Waals surface area (Å²) in [7, 11) is 1.51. The van der Waals surface area contributed by atoms with Gasteiger partial charge in [-0.15, -0.1) is 0 Å². The molecule has 1 amide bonds. The summed E-state index contributed by atoms with van der Waals surface area (Å²) in [4.78, 5) is 12.6. The first-order chi connectivity index (χ1) is 20.8. The van der Waals surface area contributed by atoms with Gasteiger partial charge < -0.3 is 23.2 Å². The second kappa shape index (κ2) is 13.4. The Kier molecular flexibility index (Phi) is 9.26. The number of carbonyl (C=O) groups is 1. The maximum absolute atomic E-state index is 13.5. The quantitative estimate of drug-likeness (QED) is 0.119. The number of nitrogens with one attached hydrogen (secondary N) is 1. The number of hydrogen-bond donors (Lipinski definition) is 1. The first-order valence-electron chi connectivity index (χ1n) is 13.4. The lowest BCUT2D eigenvalue weighted by Crippen LogP contribution is -2.16. The number of carbonyl (C=O) groups excluding carboxylic acids is 1. The van der Waals surface area contributed by atoms with Crippen molar-refractivity contribution in [3.63, 3.8) is 0 Å². The minimum absolute atomic E-state index is 0.0994. The summed E-state index contributed by atoms with van der Waals surface area (Å²) in [5.74, 6) is 1.35. The first kappa shape index (κ1) is 29.7. The van der Waals surface area contributed by atoms with Crippen molar-refractivity contribution in [1.29, 1.82) is 0 Å². The van der Waals surface area contributed by atoms with E-state index in [1.165, 1.54) is 25.5 Å². The van der Waals surface area contributed by atoms with E-state index in [4.69, 9.17) is 18.6 Å². The number of halogens is 2. The van der Waals surface area contributed by atoms with Crippen LogP contribution in [0.2, 0.25) is 0 Å². The van der Waals surface area contributed by atoms with Crippen LogP contribution in [0.5, 0.6) is 17.2 Å². The standard InChI is InChI=1S/C33H29BrFN3O5/c1-21-7-8-22(2)38(21)26-9-11-27(12-10-26)41-20-28-13-14-30(43-28)33(39)37-36-18-24-16-31(40-3)32(17-29(24)34)42-19-23-5-4-6-25(35)15-23/h4-18H,19-20H2,1-3H3,(H,37,39)/b36-18+. The smallest absolute Gasteiger partial charge is 0.307 e. The average Bonchev–Trinajstić information content (AvgIpc) is 3.62. The zero-order valence-electron chi connectivity index (χ0n) is 23.8. The lowest BCUT2D eigenvalue weighted by Gasteiger charge is -2.13. The molecule has 10 heteroatoms. The van der Waals surface area contributed by atoms with Crippen LogP contribution in [0.1, 0.15) is 38.8 Å². The average molecular weight is 647 g/mol. The van der Waals surface area contributed by atoms with Gasteiger partial charge in [-0.2, -0.15) is 5.10 Å². The van der Waals surface area contributed by atoms with Gasteiger partial charge in [0.25, 0.3) is 0 Å². The van der Waals surface area contributed by atoms with Crippen LogP contribution >= 0.6 is 15.9 Å². The molecule has 0 aliphatic rings. The van der Waals surface area contributed by atoms with Gasteiger partial charge in [-0.05, 0) is 108 Å². The molecule has 0 unspecified atom stereocenters. The number of amides is 1. The number of methoxy groups -OCH3 is 1. The van der Waals surface area contributed by atoms with Gasteiger partial charge in [0, 0.05) is 27.1 Å². The lowest BCUT2D eigenvalue weighted by molar-refractivity contribution is 0.0923. The number of nitrogens with zero attached hydrogens (tertiary/aromatic N) is 2. The molecule has 1 N–H and O–H groups in total. The molecule has 0 saturated heterocycles. The number of aryl methyl sites for hydroxylation is 2. The van der Waals surface area contributed by atoms with Crippen molar-refractivity contribution in [2.24, 2.45) is 5.10 Å². The normalized spacial score (nSPS) is 11.1. The van der Waals surface area contributed by atoms with E-state index >= 15 is 0 Å². The predicted molar refractivity (Wildman–Crippen MR) is 165 cm³/mol. The zero-order valence-corrected chi connectivity index (χ0v) is 25.4. The Balaban J connectivity index is 1.15. The molecular formula is C33H29BrFN3O5. The molecule has 0 aliphatic carbocycles. The van der Waals surface area contributed by atoms with Crippen LogP contribution in [-0.2, 0) is 13.2 Å². The summed E-state index contributed by atoms with van der Waals surface area (Å²) in [6, 6.07) is 24.8. The van der Waals surface area contributed by atoms with Crippen molar-refractivity contribution >= 4 is 28.1 Å². The third-order valence-corrected chi connectivity index (χ3v) is 7.26. The van der Waals surface area contributed by atoms with Crippen LogP contribution < -0.4 is 19.6 Å². The summed E-state index contributed by atoms with van der Waals surface area (Å²) in [5.41, 5.74) is 7.15. The van der Waals surface area contributed by atoms with E-state index in [-0.39, 0.29) is 24.8 Å². The maximum Gasteiger partial charge on any atom is 0.307 e. The van der Waals surface area contributed by atoms with Crippen LogP contribution in [0.15, 0.2) is 98.9 Å². The van der Waals surface area contributed by atoms with Gasteiger partial charge in [-0.25, -0.2) is 9.82 Å². The van der Waals surface area contributed by atoms with E-state index < -0.39 is 5.91 Å². The number of rotatable bonds is 11. The predicted octanol–water partition coefficient (Wildman–Crippen LogP) is 7.52. The Morgan fingerprint density at radius 2 is 1.72 bits per heavy atom. The molecule has 0 bridgehead atoms. The highest BCUT2D eigenvalue weighted by molar-refractivity contribution is 9.10. The Hall–Kier alpha value is -4.83. The van der Waals surface area contributed by atoms with Crippen molar-refractivity contribution in [3.8, 4) is 22.9 Å². The van der Waals surface area contributed by atoms with Gasteiger partial charge in [0.05, 0.1) is 13.3 Å². The monoisotopic (exact) mass is 645 g/mol. The highest BCUT2D eigenvalue weighted by Gasteiger charge is 2.13. The SMILES string of the molecule is COc1cc(/C=N/NC(=O)c2ccc(COc3ccc(-n4c(C)ccc4C)cc3)o2)c(Br)cc1OCc1cccc(F)c1. The Morgan fingerprint density at radius 1 is 0.953 bits per heavy atom. The molecule has 0 saturated carbocycles. The van der Waals surface area contributed by atoms with Crippen molar-refractivity contribution in [1.82, 2.24) is 9.99 Å². The van der Waals surface area contributed by atoms with E-state index in [9.17, 15) is 9.18 Å². The van der Waals surface area contributed by atoms with Crippen molar-refractivity contribution in [3.05, 3.63) is 129 Å². The Morgan fingerprint density at radius 3 is 2.44 bits per heavy atom. The van der Waals surface area contributed by atoms with Crippen LogP contribution in [-0.4, -0.2) is 23.8 Å². The molecule has 2 heterocycles. The third-order valence-electron chi connectivity index (χ3n) is 6.57. The molecule has 5 rings (SSSR count). The van der Waals surface area contributed by atoms with E-state index in [2.05, 4.69) is 57.0 Å². The largest absolute Gasteiger partial charge is 0.493 e. The minimum atomic E-state index is -0.512. The van der Waals surface area contributed by atoms with Crippen molar-refractivity contribution in [2.75, 3.05) is 7.11 Å². The highest BCUT2D eigenvalue weighted by atomic mass is 79.9. The molecule has 0 fully saturated rings. The summed E-state index contributed by atoms with van der Waals surface area (Å²) in [6.45, 7) is 4.46. The number of ether oxygens (including phenoxy) is 3. The van der Waals surface area contributed by atoms with Crippen LogP contribution in [0.4, 0.5) is 4.39 Å². The molecule has 8 nitrogen and oxygen atoms in total. The molecule has 0 aliphatic heterocycles. The first-order valence-corrected chi connectivity index (χ1v) is 14.1. The summed E-state index contributed by atoms with van der Waals surface area (Å²) >= 11 is 3.49. The summed E-state index contributed by atoms with van der Waals surface area (Å²) in [5, 5.41) is 4.05. The van der Waals surface area contributed by atoms with Crippen LogP contribution in [0, 0.1) is 19.7 Å². The highest BCUT2D eigenvalue weighted by Crippen LogP contribution is 2.33. The zero-order chi connectivity index (χ0) is 30.3. The molecular weight excluding hydrogens is 617 g/mol. The fourth-order valence-corrected chi connectivity index (χ4v) is 4.85. The fraction of sp³-hybridized carbons (Fsp3) is 0.152. The number of furan rings is 1. The molecule has 220 valence electrons. The molecule has 0 atom stereocenters.